The lowest BCUT2D eigenvalue weighted by molar-refractivity contribution is 0.0502. The Kier molecular flexibility index (Phi) is 7.16. The van der Waals surface area contributed by atoms with Crippen LogP contribution >= 0.6 is 0 Å². The van der Waals surface area contributed by atoms with Crippen LogP contribution in [0.1, 0.15) is 59.1 Å². The third kappa shape index (κ3) is 5.28. The highest BCUT2D eigenvalue weighted by Crippen LogP contribution is 2.47. The van der Waals surface area contributed by atoms with Gasteiger partial charge in [-0.1, -0.05) is 26.8 Å². The van der Waals surface area contributed by atoms with Crippen molar-refractivity contribution < 1.29 is 24.1 Å². The van der Waals surface area contributed by atoms with E-state index in [1.807, 2.05) is 18.2 Å². The van der Waals surface area contributed by atoms with E-state index in [1.54, 1.807) is 34.1 Å². The van der Waals surface area contributed by atoms with Gasteiger partial charge in [0.25, 0.3) is 0 Å². The van der Waals surface area contributed by atoms with Crippen molar-refractivity contribution in [2.24, 2.45) is 0 Å². The number of rotatable bonds is 8. The second kappa shape index (κ2) is 8.77. The molecule has 2 N–H and O–H groups in total. The Balaban J connectivity index is 2.63. The first kappa shape index (κ1) is 24.5. The second-order valence-electron chi connectivity index (χ2n) is 10.1. The van der Waals surface area contributed by atoms with Gasteiger partial charge in [-0.15, -0.1) is 0 Å². The van der Waals surface area contributed by atoms with Gasteiger partial charge in [-0.2, -0.15) is 0 Å². The molecule has 0 aliphatic heterocycles. The number of hydrogen-bond acceptors (Lipinski definition) is 5. The molecule has 2 aromatic carbocycles. The van der Waals surface area contributed by atoms with Gasteiger partial charge in [0.05, 0.1) is 31.3 Å². The molecule has 168 valence electrons. The number of phenolic OH excluding ortho intramolecular Hbond substituents is 1. The summed E-state index contributed by atoms with van der Waals surface area (Å²) in [6.45, 7) is 14.6. The largest absolute Gasteiger partial charge is 0.507 e. The Labute approximate surface area is 182 Å². The van der Waals surface area contributed by atoms with Crippen molar-refractivity contribution in [3.8, 4) is 17.2 Å². The summed E-state index contributed by atoms with van der Waals surface area (Å²) in [4.78, 5) is 0. The highest BCUT2D eigenvalue weighted by molar-refractivity contribution is 6.74. The molecule has 0 amide bonds. The van der Waals surface area contributed by atoms with Crippen LogP contribution in [-0.4, -0.2) is 38.4 Å². The van der Waals surface area contributed by atoms with E-state index in [0.29, 0.717) is 35.3 Å². The molecule has 0 heterocycles. The number of benzene rings is 2. The molecule has 0 aliphatic carbocycles. The molecule has 0 saturated carbocycles. The predicted octanol–water partition coefficient (Wildman–Crippen LogP) is 6.18. The van der Waals surface area contributed by atoms with Gasteiger partial charge in [-0.05, 0) is 63.0 Å². The molecular weight excluding hydrogens is 396 g/mol. The summed E-state index contributed by atoms with van der Waals surface area (Å²) in [5.41, 5.74) is -0.106. The zero-order valence-corrected chi connectivity index (χ0v) is 20.9. The second-order valence-corrected chi connectivity index (χ2v) is 14.9. The normalized spacial score (nSPS) is 14.1. The summed E-state index contributed by atoms with van der Waals surface area (Å²) in [7, 11) is 1.07. The van der Waals surface area contributed by atoms with E-state index >= 15 is 0 Å². The molecule has 0 aromatic heterocycles. The van der Waals surface area contributed by atoms with Gasteiger partial charge in [0.1, 0.15) is 17.2 Å². The number of hydrogen-bond donors (Lipinski definition) is 2. The fourth-order valence-corrected chi connectivity index (χ4v) is 4.60. The van der Waals surface area contributed by atoms with Gasteiger partial charge < -0.3 is 24.1 Å². The Morgan fingerprint density at radius 3 is 2.00 bits per heavy atom. The maximum Gasteiger partial charge on any atom is 0.192 e. The summed E-state index contributed by atoms with van der Waals surface area (Å²) in [5, 5.41) is 23.1. The molecule has 1 atom stereocenters. The van der Waals surface area contributed by atoms with Crippen LogP contribution in [0.5, 0.6) is 17.2 Å². The Morgan fingerprint density at radius 2 is 1.50 bits per heavy atom. The molecule has 0 radical (unpaired) electrons. The fourth-order valence-electron chi connectivity index (χ4n) is 3.29. The van der Waals surface area contributed by atoms with Crippen LogP contribution in [0.3, 0.4) is 0 Å². The van der Waals surface area contributed by atoms with Crippen LogP contribution in [-0.2, 0) is 4.43 Å². The van der Waals surface area contributed by atoms with E-state index in [4.69, 9.17) is 13.9 Å². The minimum atomic E-state index is -2.13. The van der Waals surface area contributed by atoms with Crippen molar-refractivity contribution in [1.29, 1.82) is 0 Å². The summed E-state index contributed by atoms with van der Waals surface area (Å²) in [5.74, 6) is 1.40. The van der Waals surface area contributed by atoms with E-state index in [1.165, 1.54) is 0 Å². The third-order valence-electron chi connectivity index (χ3n) is 6.16. The van der Waals surface area contributed by atoms with Crippen molar-refractivity contribution in [2.45, 2.75) is 77.3 Å². The molecule has 0 unspecified atom stereocenters. The van der Waals surface area contributed by atoms with Gasteiger partial charge in [-0.25, -0.2) is 0 Å². The molecular formula is C24H38O5Si. The molecule has 30 heavy (non-hydrogen) atoms. The van der Waals surface area contributed by atoms with Gasteiger partial charge in [0.15, 0.2) is 8.32 Å². The smallest absolute Gasteiger partial charge is 0.192 e. The lowest BCUT2D eigenvalue weighted by Gasteiger charge is -2.40. The van der Waals surface area contributed by atoms with Crippen LogP contribution < -0.4 is 9.47 Å². The minimum Gasteiger partial charge on any atom is -0.507 e. The van der Waals surface area contributed by atoms with E-state index < -0.39 is 13.9 Å². The summed E-state index contributed by atoms with van der Waals surface area (Å²) in [6.07, 6.45) is 0.818. The number of aliphatic hydroxyl groups is 1. The molecule has 5 nitrogen and oxygen atoms in total. The molecule has 0 spiro atoms. The standard InChI is InChI=1S/C24H38O5Si/c1-23(2,3)30(8,9)29-19(14-15-24(4,5)26)17-11-10-16-18(27-6)12-13-20(28-7)21(16)22(17)25/h10-13,19,25-26H,14-15H2,1-9H3/t19-/m0/s1. The molecule has 0 saturated heterocycles. The van der Waals surface area contributed by atoms with Crippen LogP contribution in [0, 0.1) is 0 Å². The van der Waals surface area contributed by atoms with E-state index in [9.17, 15) is 10.2 Å². The van der Waals surface area contributed by atoms with E-state index in [-0.39, 0.29) is 16.9 Å². The Hall–Kier alpha value is -1.76. The Morgan fingerprint density at radius 1 is 0.933 bits per heavy atom. The van der Waals surface area contributed by atoms with Gasteiger partial charge >= 0.3 is 0 Å². The number of phenols is 1. The van der Waals surface area contributed by atoms with Crippen molar-refractivity contribution >= 4 is 19.1 Å². The number of methoxy groups -OCH3 is 2. The minimum absolute atomic E-state index is 0.0212. The van der Waals surface area contributed by atoms with Crippen LogP contribution in [0.25, 0.3) is 10.8 Å². The summed E-state index contributed by atoms with van der Waals surface area (Å²) >= 11 is 0. The number of fused-ring (bicyclic) bond motifs is 1. The number of ether oxygens (including phenoxy) is 2. The van der Waals surface area contributed by atoms with E-state index in [0.717, 1.165) is 5.39 Å². The highest BCUT2D eigenvalue weighted by Gasteiger charge is 2.40. The quantitative estimate of drug-likeness (QED) is 0.486. The summed E-state index contributed by atoms with van der Waals surface area (Å²) in [6, 6.07) is 7.48. The van der Waals surface area contributed by atoms with Crippen molar-refractivity contribution in [3.63, 3.8) is 0 Å². The molecule has 0 bridgehead atoms. The molecule has 6 heteroatoms. The Bertz CT molecular complexity index is 878. The number of aromatic hydroxyl groups is 1. The molecule has 2 rings (SSSR count). The van der Waals surface area contributed by atoms with Crippen molar-refractivity contribution in [3.05, 3.63) is 29.8 Å². The topological polar surface area (TPSA) is 68.2 Å². The summed E-state index contributed by atoms with van der Waals surface area (Å²) < 4.78 is 17.7. The maximum absolute atomic E-state index is 11.3. The van der Waals surface area contributed by atoms with Crippen LogP contribution in [0.2, 0.25) is 18.1 Å². The average Bonchev–Trinajstić information content (AvgIpc) is 2.63. The first-order valence-electron chi connectivity index (χ1n) is 10.5. The van der Waals surface area contributed by atoms with Crippen molar-refractivity contribution in [1.82, 2.24) is 0 Å². The van der Waals surface area contributed by atoms with Gasteiger partial charge in [0, 0.05) is 10.9 Å². The third-order valence-corrected chi connectivity index (χ3v) is 10.6. The van der Waals surface area contributed by atoms with Gasteiger partial charge in [-0.3, -0.25) is 0 Å². The van der Waals surface area contributed by atoms with E-state index in [2.05, 4.69) is 33.9 Å². The predicted molar refractivity (Wildman–Crippen MR) is 125 cm³/mol. The zero-order chi connectivity index (χ0) is 22.9. The molecule has 0 fully saturated rings. The maximum atomic E-state index is 11.3. The monoisotopic (exact) mass is 434 g/mol. The first-order chi connectivity index (χ1) is 13.7. The van der Waals surface area contributed by atoms with Crippen LogP contribution in [0.15, 0.2) is 24.3 Å². The molecule has 0 aliphatic rings. The van der Waals surface area contributed by atoms with Crippen molar-refractivity contribution in [2.75, 3.05) is 14.2 Å². The average molecular weight is 435 g/mol. The lowest BCUT2D eigenvalue weighted by Crippen LogP contribution is -2.42. The fraction of sp³-hybridized carbons (Fsp3) is 0.583. The highest BCUT2D eigenvalue weighted by atomic mass is 28.4. The van der Waals surface area contributed by atoms with Crippen LogP contribution in [0.4, 0.5) is 0 Å². The zero-order valence-electron chi connectivity index (χ0n) is 19.9. The lowest BCUT2D eigenvalue weighted by atomic mass is 9.94. The SMILES string of the molecule is COc1ccc(OC)c2c(O)c([C@H](CCC(C)(C)O)O[Si](C)(C)C(C)(C)C)ccc12. The van der Waals surface area contributed by atoms with Gasteiger partial charge in [0.2, 0.25) is 0 Å². The first-order valence-corrected chi connectivity index (χ1v) is 13.4. The molecule has 2 aromatic rings.